The van der Waals surface area contributed by atoms with Crippen molar-refractivity contribution in [3.8, 4) is 28.6 Å². The predicted molar refractivity (Wildman–Crippen MR) is 159 cm³/mol. The molecule has 0 saturated heterocycles. The lowest BCUT2D eigenvalue weighted by molar-refractivity contribution is 0.0605. The molecule has 1 unspecified atom stereocenters. The van der Waals surface area contributed by atoms with Crippen molar-refractivity contribution in [3.05, 3.63) is 95.3 Å². The molecule has 1 atom stereocenters. The molecule has 3 aromatic carbocycles. The normalized spacial score (nSPS) is 11.8. The summed E-state index contributed by atoms with van der Waals surface area (Å²) in [4.78, 5) is 29.9. The fourth-order valence-electron chi connectivity index (χ4n) is 4.59. The van der Waals surface area contributed by atoms with Crippen LogP contribution < -0.4 is 15.2 Å². The maximum absolute atomic E-state index is 11.9. The lowest BCUT2D eigenvalue weighted by Gasteiger charge is -2.25. The molecule has 1 aromatic heterocycles. The summed E-state index contributed by atoms with van der Waals surface area (Å²) in [6.07, 6.45) is -0.779. The molecule has 1 amide bonds. The molecule has 10 heteroatoms. The lowest BCUT2D eigenvalue weighted by atomic mass is 10.2. The van der Waals surface area contributed by atoms with E-state index < -0.39 is 12.0 Å². The number of hydrogen-bond donors (Lipinski definition) is 3. The van der Waals surface area contributed by atoms with Crippen molar-refractivity contribution >= 4 is 11.7 Å². The second-order valence-electron chi connectivity index (χ2n) is 10.1. The van der Waals surface area contributed by atoms with E-state index in [0.29, 0.717) is 42.7 Å². The number of carbonyl (C=O) groups is 2. The molecule has 0 aliphatic rings. The van der Waals surface area contributed by atoms with Gasteiger partial charge >= 0.3 is 0 Å². The first-order chi connectivity index (χ1) is 20.1. The maximum Gasteiger partial charge on any atom is 0.252 e. The van der Waals surface area contributed by atoms with Crippen LogP contribution in [0.1, 0.15) is 39.0 Å². The highest BCUT2D eigenvalue weighted by atomic mass is 16.5. The van der Waals surface area contributed by atoms with Crippen LogP contribution in [0, 0.1) is 6.92 Å². The number of rotatable bonds is 14. The monoisotopic (exact) mass is 572 g/mol. The molecule has 0 aliphatic heterocycles. The van der Waals surface area contributed by atoms with Crippen molar-refractivity contribution < 1.29 is 29.3 Å². The summed E-state index contributed by atoms with van der Waals surface area (Å²) < 4.78 is 13.6. The molecule has 0 fully saturated rings. The number of primary amides is 1. The van der Waals surface area contributed by atoms with Crippen molar-refractivity contribution in [2.24, 2.45) is 12.8 Å². The van der Waals surface area contributed by atoms with Crippen LogP contribution in [0.2, 0.25) is 0 Å². The third kappa shape index (κ3) is 7.74. The van der Waals surface area contributed by atoms with E-state index >= 15 is 0 Å². The van der Waals surface area contributed by atoms with Crippen LogP contribution >= 0.6 is 0 Å². The molecule has 10 nitrogen and oxygen atoms in total. The van der Waals surface area contributed by atoms with Crippen molar-refractivity contribution in [1.82, 2.24) is 14.5 Å². The zero-order chi connectivity index (χ0) is 30.2. The number of benzene rings is 3. The summed E-state index contributed by atoms with van der Waals surface area (Å²) in [7, 11) is 1.88. The van der Waals surface area contributed by atoms with Gasteiger partial charge in [0, 0.05) is 44.9 Å². The van der Waals surface area contributed by atoms with Gasteiger partial charge in [-0.25, -0.2) is 4.98 Å². The standard InChI is InChI=1S/C32H36N4O6/c1-21-30(22(2)37)34-32(35(21)3)24-9-11-26(12-10-24)42-20-25(38)19-36(18-23-7-5-4-6-8-23)15-16-41-27-13-14-29(39)28(17-27)31(33)40/h4-14,17,25,38-39H,15-16,18-20H2,1-3H3,(H2,33,40). The number of aliphatic hydroxyl groups is 1. The third-order valence-electron chi connectivity index (χ3n) is 6.90. The summed E-state index contributed by atoms with van der Waals surface area (Å²) in [5.41, 5.74) is 8.51. The Bertz CT molecular complexity index is 1520. The first-order valence-electron chi connectivity index (χ1n) is 13.6. The van der Waals surface area contributed by atoms with Gasteiger partial charge in [0.2, 0.25) is 0 Å². The Morgan fingerprint density at radius 3 is 2.36 bits per heavy atom. The molecule has 4 aromatic rings. The molecule has 4 N–H and O–H groups in total. The number of nitrogens with zero attached hydrogens (tertiary/aromatic N) is 3. The van der Waals surface area contributed by atoms with Crippen molar-refractivity contribution in [3.63, 3.8) is 0 Å². The summed E-state index contributed by atoms with van der Waals surface area (Å²) in [6, 6.07) is 21.6. The van der Waals surface area contributed by atoms with Crippen LogP contribution in [0.5, 0.6) is 17.2 Å². The fourth-order valence-corrected chi connectivity index (χ4v) is 4.59. The number of ether oxygens (including phenoxy) is 2. The fraction of sp³-hybridized carbons (Fsp3) is 0.281. The van der Waals surface area contributed by atoms with E-state index in [4.69, 9.17) is 15.2 Å². The van der Waals surface area contributed by atoms with Gasteiger partial charge in [0.15, 0.2) is 5.78 Å². The first-order valence-corrected chi connectivity index (χ1v) is 13.6. The Kier molecular flexibility index (Phi) is 9.95. The van der Waals surface area contributed by atoms with Gasteiger partial charge < -0.3 is 30.0 Å². The SMILES string of the molecule is CC(=O)c1nc(-c2ccc(OCC(O)CN(CCOc3ccc(O)c(C(N)=O)c3)Cc3ccccc3)cc2)n(C)c1C. The molecule has 0 aliphatic carbocycles. The van der Waals surface area contributed by atoms with E-state index in [1.807, 2.05) is 73.1 Å². The van der Waals surface area contributed by atoms with Crippen LogP contribution in [-0.4, -0.2) is 68.8 Å². The van der Waals surface area contributed by atoms with Gasteiger partial charge in [0.1, 0.15) is 48.1 Å². The number of ketones is 1. The summed E-state index contributed by atoms with van der Waals surface area (Å²) in [5.74, 6) is 0.690. The average molecular weight is 573 g/mol. The van der Waals surface area contributed by atoms with E-state index in [1.54, 1.807) is 6.07 Å². The number of imidazole rings is 1. The molecule has 0 radical (unpaired) electrons. The van der Waals surface area contributed by atoms with E-state index in [0.717, 1.165) is 16.8 Å². The Balaban J connectivity index is 1.35. The predicted octanol–water partition coefficient (Wildman–Crippen LogP) is 3.72. The van der Waals surface area contributed by atoms with Crippen molar-refractivity contribution in [1.29, 1.82) is 0 Å². The minimum Gasteiger partial charge on any atom is -0.507 e. The number of nitrogens with two attached hydrogens (primary N) is 1. The molecule has 42 heavy (non-hydrogen) atoms. The van der Waals surface area contributed by atoms with Crippen LogP contribution in [0.25, 0.3) is 11.4 Å². The van der Waals surface area contributed by atoms with Gasteiger partial charge in [-0.1, -0.05) is 30.3 Å². The van der Waals surface area contributed by atoms with Crippen LogP contribution in [0.3, 0.4) is 0 Å². The first kappa shape index (κ1) is 30.3. The Hall–Kier alpha value is -4.67. The third-order valence-corrected chi connectivity index (χ3v) is 6.90. The van der Waals surface area contributed by atoms with Crippen molar-refractivity contribution in [2.75, 3.05) is 26.3 Å². The zero-order valence-electron chi connectivity index (χ0n) is 24.0. The Labute approximate surface area is 244 Å². The van der Waals surface area contributed by atoms with Crippen LogP contribution in [-0.2, 0) is 13.6 Å². The van der Waals surface area contributed by atoms with Gasteiger partial charge in [0.25, 0.3) is 5.91 Å². The molecule has 0 bridgehead atoms. The number of aromatic nitrogens is 2. The molecule has 1 heterocycles. The topological polar surface area (TPSA) is 140 Å². The minimum absolute atomic E-state index is 0.00918. The molecule has 0 spiro atoms. The summed E-state index contributed by atoms with van der Waals surface area (Å²) in [6.45, 7) is 5.14. The molecule has 4 rings (SSSR count). The number of Topliss-reactive ketones (excluding diaryl/α,β-unsaturated/α-hetero) is 1. The highest BCUT2D eigenvalue weighted by Gasteiger charge is 2.17. The quantitative estimate of drug-likeness (QED) is 0.194. The summed E-state index contributed by atoms with van der Waals surface area (Å²) >= 11 is 0. The average Bonchev–Trinajstić information content (AvgIpc) is 3.27. The van der Waals surface area contributed by atoms with Gasteiger partial charge in [-0.2, -0.15) is 0 Å². The lowest BCUT2D eigenvalue weighted by Crippen LogP contribution is -2.37. The number of carbonyl (C=O) groups excluding carboxylic acids is 2. The number of aliphatic hydroxyl groups excluding tert-OH is 1. The highest BCUT2D eigenvalue weighted by Crippen LogP contribution is 2.25. The maximum atomic E-state index is 11.9. The van der Waals surface area contributed by atoms with Crippen LogP contribution in [0.4, 0.5) is 0 Å². The number of phenols is 1. The molecule has 220 valence electrons. The van der Waals surface area contributed by atoms with E-state index in [9.17, 15) is 19.8 Å². The molecular weight excluding hydrogens is 536 g/mol. The van der Waals surface area contributed by atoms with E-state index in [-0.39, 0.29) is 30.3 Å². The van der Waals surface area contributed by atoms with Gasteiger partial charge in [-0.05, 0) is 55.0 Å². The number of aromatic hydroxyl groups is 1. The van der Waals surface area contributed by atoms with E-state index in [1.165, 1.54) is 19.1 Å². The highest BCUT2D eigenvalue weighted by molar-refractivity contribution is 5.96. The van der Waals surface area contributed by atoms with Crippen molar-refractivity contribution in [2.45, 2.75) is 26.5 Å². The van der Waals surface area contributed by atoms with Crippen LogP contribution in [0.15, 0.2) is 72.8 Å². The second kappa shape index (κ2) is 13.8. The Morgan fingerprint density at radius 1 is 1.02 bits per heavy atom. The van der Waals surface area contributed by atoms with Gasteiger partial charge in [-0.15, -0.1) is 0 Å². The summed E-state index contributed by atoms with van der Waals surface area (Å²) in [5, 5.41) is 20.6. The van der Waals surface area contributed by atoms with Gasteiger partial charge in [0.05, 0.1) is 5.56 Å². The second-order valence-corrected chi connectivity index (χ2v) is 10.1. The molecule has 0 saturated carbocycles. The Morgan fingerprint density at radius 2 is 1.71 bits per heavy atom. The number of hydrogen-bond acceptors (Lipinski definition) is 8. The molecular formula is C32H36N4O6. The van der Waals surface area contributed by atoms with Gasteiger partial charge in [-0.3, -0.25) is 14.5 Å². The number of amides is 1. The smallest absolute Gasteiger partial charge is 0.252 e. The zero-order valence-corrected chi connectivity index (χ0v) is 24.0. The van der Waals surface area contributed by atoms with E-state index in [2.05, 4.69) is 9.88 Å². The largest absolute Gasteiger partial charge is 0.507 e. The minimum atomic E-state index is -0.779.